The summed E-state index contributed by atoms with van der Waals surface area (Å²) in [6, 6.07) is 6.38. The van der Waals surface area contributed by atoms with Gasteiger partial charge in [-0.2, -0.15) is 0 Å². The molecule has 96 valence electrons. The summed E-state index contributed by atoms with van der Waals surface area (Å²) in [5, 5.41) is 9.99. The number of aliphatic hydroxyl groups is 1. The van der Waals surface area contributed by atoms with Crippen molar-refractivity contribution in [2.45, 2.75) is 26.9 Å². The van der Waals surface area contributed by atoms with Crippen LogP contribution in [0.3, 0.4) is 0 Å². The van der Waals surface area contributed by atoms with Crippen molar-refractivity contribution in [3.05, 3.63) is 35.6 Å². The van der Waals surface area contributed by atoms with Gasteiger partial charge in [-0.3, -0.25) is 0 Å². The van der Waals surface area contributed by atoms with Gasteiger partial charge in [0.15, 0.2) is 0 Å². The van der Waals surface area contributed by atoms with Crippen LogP contribution >= 0.6 is 0 Å². The number of benzene rings is 1. The molecule has 1 aromatic carbocycles. The van der Waals surface area contributed by atoms with Crippen LogP contribution in [0.1, 0.15) is 32.4 Å². The Bertz CT molecular complexity index is 359. The average molecular weight is 239 g/mol. The molecule has 0 aliphatic rings. The van der Waals surface area contributed by atoms with Crippen LogP contribution < -0.4 is 0 Å². The molecule has 2 nitrogen and oxygen atoms in total. The molecule has 17 heavy (non-hydrogen) atoms. The van der Waals surface area contributed by atoms with Crippen molar-refractivity contribution in [1.82, 2.24) is 4.90 Å². The number of hydrogen-bond acceptors (Lipinski definition) is 2. The van der Waals surface area contributed by atoms with Gasteiger partial charge in [-0.15, -0.1) is 0 Å². The Labute approximate surface area is 103 Å². The minimum atomic E-state index is -0.774. The second-order valence-electron chi connectivity index (χ2n) is 5.79. The molecule has 1 N–H and O–H groups in total. The van der Waals surface area contributed by atoms with Gasteiger partial charge in [-0.05, 0) is 18.5 Å². The number of halogens is 1. The standard InChI is InChI=1S/C14H22FNO/c1-14(2,3)10-16(4)9-13(17)11-7-5-6-8-12(11)15/h5-8,13,17H,9-10H2,1-4H3. The summed E-state index contributed by atoms with van der Waals surface area (Å²) >= 11 is 0. The van der Waals surface area contributed by atoms with Crippen LogP contribution in [0.4, 0.5) is 4.39 Å². The van der Waals surface area contributed by atoms with Crippen molar-refractivity contribution < 1.29 is 9.50 Å². The van der Waals surface area contributed by atoms with Crippen LogP contribution in [0.5, 0.6) is 0 Å². The monoisotopic (exact) mass is 239 g/mol. The van der Waals surface area contributed by atoms with E-state index < -0.39 is 6.10 Å². The van der Waals surface area contributed by atoms with E-state index >= 15 is 0 Å². The predicted octanol–water partition coefficient (Wildman–Crippen LogP) is 2.84. The molecule has 1 atom stereocenters. The molecule has 0 aliphatic carbocycles. The van der Waals surface area contributed by atoms with Gasteiger partial charge < -0.3 is 10.0 Å². The van der Waals surface area contributed by atoms with E-state index in [4.69, 9.17) is 0 Å². The molecular formula is C14H22FNO. The number of rotatable bonds is 4. The van der Waals surface area contributed by atoms with Gasteiger partial charge in [0, 0.05) is 18.7 Å². The topological polar surface area (TPSA) is 23.5 Å². The normalized spacial score (nSPS) is 14.1. The first-order valence-corrected chi connectivity index (χ1v) is 5.90. The van der Waals surface area contributed by atoms with Crippen molar-refractivity contribution in [3.8, 4) is 0 Å². The summed E-state index contributed by atoms with van der Waals surface area (Å²) in [7, 11) is 1.94. The third-order valence-electron chi connectivity index (χ3n) is 2.49. The molecule has 0 heterocycles. The van der Waals surface area contributed by atoms with Gasteiger partial charge in [-0.25, -0.2) is 4.39 Å². The molecule has 1 unspecified atom stereocenters. The maximum atomic E-state index is 13.4. The summed E-state index contributed by atoms with van der Waals surface area (Å²) < 4.78 is 13.4. The largest absolute Gasteiger partial charge is 0.387 e. The first-order chi connectivity index (χ1) is 7.79. The first kappa shape index (κ1) is 14.1. The molecule has 0 fully saturated rings. The molecule has 0 bridgehead atoms. The Morgan fingerprint density at radius 3 is 2.41 bits per heavy atom. The lowest BCUT2D eigenvalue weighted by molar-refractivity contribution is 0.106. The maximum Gasteiger partial charge on any atom is 0.129 e. The Morgan fingerprint density at radius 2 is 1.88 bits per heavy atom. The van der Waals surface area contributed by atoms with Crippen molar-refractivity contribution >= 4 is 0 Å². The lowest BCUT2D eigenvalue weighted by atomic mass is 9.96. The van der Waals surface area contributed by atoms with Gasteiger partial charge in [0.2, 0.25) is 0 Å². The number of hydrogen-bond donors (Lipinski definition) is 1. The van der Waals surface area contributed by atoms with Gasteiger partial charge in [0.05, 0.1) is 6.10 Å². The van der Waals surface area contributed by atoms with Gasteiger partial charge in [-0.1, -0.05) is 39.0 Å². The van der Waals surface area contributed by atoms with E-state index in [1.165, 1.54) is 6.07 Å². The molecule has 3 heteroatoms. The molecule has 0 saturated heterocycles. The first-order valence-electron chi connectivity index (χ1n) is 5.90. The van der Waals surface area contributed by atoms with Crippen LogP contribution in [0.15, 0.2) is 24.3 Å². The van der Waals surface area contributed by atoms with Crippen LogP contribution in [0, 0.1) is 11.2 Å². The summed E-state index contributed by atoms with van der Waals surface area (Å²) in [5.41, 5.74) is 0.539. The molecule has 0 saturated carbocycles. The predicted molar refractivity (Wildman–Crippen MR) is 68.3 cm³/mol. The molecule has 0 amide bonds. The van der Waals surface area contributed by atoms with E-state index in [1.54, 1.807) is 18.2 Å². The van der Waals surface area contributed by atoms with Gasteiger partial charge in [0.1, 0.15) is 5.82 Å². The highest BCUT2D eigenvalue weighted by Gasteiger charge is 2.18. The highest BCUT2D eigenvalue weighted by Crippen LogP contribution is 2.20. The Morgan fingerprint density at radius 1 is 1.29 bits per heavy atom. The number of likely N-dealkylation sites (N-methyl/N-ethyl adjacent to an activating group) is 1. The fourth-order valence-electron chi connectivity index (χ4n) is 2.01. The summed E-state index contributed by atoms with van der Waals surface area (Å²) in [4.78, 5) is 2.02. The molecule has 0 aromatic heterocycles. The SMILES string of the molecule is CN(CC(O)c1ccccc1F)CC(C)(C)C. The Hall–Kier alpha value is -0.930. The Kier molecular flexibility index (Phi) is 4.66. The Balaban J connectivity index is 2.61. The molecule has 1 rings (SSSR count). The minimum absolute atomic E-state index is 0.170. The zero-order valence-corrected chi connectivity index (χ0v) is 11.1. The van der Waals surface area contributed by atoms with Crippen molar-refractivity contribution in [1.29, 1.82) is 0 Å². The maximum absolute atomic E-state index is 13.4. The van der Waals surface area contributed by atoms with E-state index in [0.717, 1.165) is 6.54 Å². The quantitative estimate of drug-likeness (QED) is 0.873. The van der Waals surface area contributed by atoms with Crippen LogP contribution in [-0.4, -0.2) is 30.1 Å². The zero-order chi connectivity index (χ0) is 13.1. The molecule has 1 aromatic rings. The van der Waals surface area contributed by atoms with Crippen LogP contribution in [-0.2, 0) is 0 Å². The van der Waals surface area contributed by atoms with E-state index in [-0.39, 0.29) is 11.2 Å². The van der Waals surface area contributed by atoms with E-state index in [2.05, 4.69) is 20.8 Å². The highest BCUT2D eigenvalue weighted by atomic mass is 19.1. The molecule has 0 spiro atoms. The highest BCUT2D eigenvalue weighted by molar-refractivity contribution is 5.19. The fraction of sp³-hybridized carbons (Fsp3) is 0.571. The average Bonchev–Trinajstić information content (AvgIpc) is 2.14. The smallest absolute Gasteiger partial charge is 0.129 e. The van der Waals surface area contributed by atoms with E-state index in [9.17, 15) is 9.50 Å². The molecule has 0 aliphatic heterocycles. The summed E-state index contributed by atoms with van der Waals surface area (Å²) in [6.45, 7) is 7.72. The van der Waals surface area contributed by atoms with Crippen LogP contribution in [0.25, 0.3) is 0 Å². The lowest BCUT2D eigenvalue weighted by Crippen LogP contribution is -2.32. The van der Waals surface area contributed by atoms with Crippen LogP contribution in [0.2, 0.25) is 0 Å². The third kappa shape index (κ3) is 4.84. The summed E-state index contributed by atoms with van der Waals surface area (Å²) in [5.74, 6) is -0.343. The van der Waals surface area contributed by atoms with Crippen molar-refractivity contribution in [3.63, 3.8) is 0 Å². The van der Waals surface area contributed by atoms with E-state index in [0.29, 0.717) is 12.1 Å². The third-order valence-corrected chi connectivity index (χ3v) is 2.49. The van der Waals surface area contributed by atoms with Gasteiger partial charge in [0.25, 0.3) is 0 Å². The number of nitrogens with zero attached hydrogens (tertiary/aromatic N) is 1. The molecular weight excluding hydrogens is 217 g/mol. The number of aliphatic hydroxyl groups excluding tert-OH is 1. The van der Waals surface area contributed by atoms with Crippen molar-refractivity contribution in [2.75, 3.05) is 20.1 Å². The second-order valence-corrected chi connectivity index (χ2v) is 5.79. The van der Waals surface area contributed by atoms with Crippen molar-refractivity contribution in [2.24, 2.45) is 5.41 Å². The molecule has 0 radical (unpaired) electrons. The second kappa shape index (κ2) is 5.61. The lowest BCUT2D eigenvalue weighted by Gasteiger charge is -2.28. The van der Waals surface area contributed by atoms with E-state index in [1.807, 2.05) is 11.9 Å². The van der Waals surface area contributed by atoms with Gasteiger partial charge >= 0.3 is 0 Å². The zero-order valence-electron chi connectivity index (χ0n) is 11.1. The summed E-state index contributed by atoms with van der Waals surface area (Å²) in [6.07, 6.45) is -0.774. The fourth-order valence-corrected chi connectivity index (χ4v) is 2.01. The minimum Gasteiger partial charge on any atom is -0.387 e.